The summed E-state index contributed by atoms with van der Waals surface area (Å²) in [6, 6.07) is 3.08. The average molecular weight is 230 g/mol. The van der Waals surface area contributed by atoms with Gasteiger partial charge in [0.05, 0.1) is 0 Å². The van der Waals surface area contributed by atoms with Gasteiger partial charge in [0.1, 0.15) is 5.69 Å². The highest BCUT2D eigenvalue weighted by Gasteiger charge is 2.35. The first-order chi connectivity index (χ1) is 7.57. The van der Waals surface area contributed by atoms with Crippen LogP contribution >= 0.6 is 0 Å². The molecule has 0 saturated carbocycles. The smallest absolute Gasteiger partial charge is 0.316 e. The van der Waals surface area contributed by atoms with Gasteiger partial charge in [0, 0.05) is 6.20 Å². The molecule has 0 radical (unpaired) electrons. The number of nitrogens with one attached hydrogen (secondary N) is 1. The van der Waals surface area contributed by atoms with Gasteiger partial charge in [-0.25, -0.2) is 0 Å². The maximum Gasteiger partial charge on any atom is 0.433 e. The lowest BCUT2D eigenvalue weighted by molar-refractivity contribution is -0.141. The van der Waals surface area contributed by atoms with Crippen LogP contribution in [0.1, 0.15) is 17.7 Å². The van der Waals surface area contributed by atoms with E-state index < -0.39 is 11.9 Å². The van der Waals surface area contributed by atoms with Crippen LogP contribution in [0.2, 0.25) is 0 Å². The van der Waals surface area contributed by atoms with Gasteiger partial charge < -0.3 is 5.32 Å². The Bertz CT molecular complexity index is 356. The summed E-state index contributed by atoms with van der Waals surface area (Å²) in [6.07, 6.45) is -1.76. The number of pyridine rings is 1. The Hall–Kier alpha value is -1.10. The zero-order valence-corrected chi connectivity index (χ0v) is 8.72. The second-order valence-electron chi connectivity index (χ2n) is 4.07. The molecule has 0 aliphatic carbocycles. The van der Waals surface area contributed by atoms with Crippen LogP contribution in [0.5, 0.6) is 0 Å². The first-order valence-electron chi connectivity index (χ1n) is 5.29. The molecule has 5 heteroatoms. The van der Waals surface area contributed by atoms with Crippen LogP contribution in [-0.4, -0.2) is 18.1 Å². The fourth-order valence-corrected chi connectivity index (χ4v) is 2.06. The van der Waals surface area contributed by atoms with Gasteiger partial charge in [-0.2, -0.15) is 13.2 Å². The second-order valence-corrected chi connectivity index (χ2v) is 4.07. The molecule has 1 saturated heterocycles. The van der Waals surface area contributed by atoms with E-state index in [1.165, 1.54) is 12.3 Å². The van der Waals surface area contributed by atoms with Crippen LogP contribution in [0.3, 0.4) is 0 Å². The fourth-order valence-electron chi connectivity index (χ4n) is 2.06. The highest BCUT2D eigenvalue weighted by atomic mass is 19.4. The lowest BCUT2D eigenvalue weighted by atomic mass is 9.97. The van der Waals surface area contributed by atoms with E-state index in [0.29, 0.717) is 17.9 Å². The van der Waals surface area contributed by atoms with E-state index in [1.54, 1.807) is 6.07 Å². The molecule has 2 rings (SSSR count). The van der Waals surface area contributed by atoms with Crippen molar-refractivity contribution in [2.45, 2.75) is 19.0 Å². The fraction of sp³-hybridized carbons (Fsp3) is 0.545. The topological polar surface area (TPSA) is 24.9 Å². The third-order valence-corrected chi connectivity index (χ3v) is 2.83. The molecule has 0 amide bonds. The molecular formula is C11H13F3N2. The number of aromatic nitrogens is 1. The van der Waals surface area contributed by atoms with Gasteiger partial charge in [0.15, 0.2) is 0 Å². The SMILES string of the molecule is FC(F)(F)c1ncccc1CC1CCNC1. The quantitative estimate of drug-likeness (QED) is 0.842. The molecule has 0 bridgehead atoms. The van der Waals surface area contributed by atoms with E-state index in [0.717, 1.165) is 19.5 Å². The standard InChI is InChI=1S/C11H13F3N2/c12-11(13,14)10-9(2-1-4-16-10)6-8-3-5-15-7-8/h1-2,4,8,15H,3,5-7H2. The maximum atomic E-state index is 12.6. The van der Waals surface area contributed by atoms with E-state index >= 15 is 0 Å². The Morgan fingerprint density at radius 2 is 2.25 bits per heavy atom. The summed E-state index contributed by atoms with van der Waals surface area (Å²) in [5.74, 6) is 0.297. The molecule has 16 heavy (non-hydrogen) atoms. The van der Waals surface area contributed by atoms with E-state index in [9.17, 15) is 13.2 Å². The van der Waals surface area contributed by atoms with Crippen LogP contribution in [0.4, 0.5) is 13.2 Å². The van der Waals surface area contributed by atoms with Gasteiger partial charge in [-0.05, 0) is 43.5 Å². The van der Waals surface area contributed by atoms with Crippen molar-refractivity contribution in [3.8, 4) is 0 Å². The number of halogens is 3. The number of hydrogen-bond donors (Lipinski definition) is 1. The van der Waals surface area contributed by atoms with E-state index in [2.05, 4.69) is 10.3 Å². The first kappa shape index (κ1) is 11.4. The van der Waals surface area contributed by atoms with Gasteiger partial charge in [0.25, 0.3) is 0 Å². The minimum Gasteiger partial charge on any atom is -0.316 e. The molecule has 1 aliphatic heterocycles. The molecule has 0 spiro atoms. The van der Waals surface area contributed by atoms with Crippen molar-refractivity contribution < 1.29 is 13.2 Å². The van der Waals surface area contributed by atoms with Crippen molar-refractivity contribution in [3.05, 3.63) is 29.6 Å². The Morgan fingerprint density at radius 1 is 1.44 bits per heavy atom. The van der Waals surface area contributed by atoms with Crippen molar-refractivity contribution >= 4 is 0 Å². The Morgan fingerprint density at radius 3 is 2.88 bits per heavy atom. The predicted molar refractivity (Wildman–Crippen MR) is 53.9 cm³/mol. The zero-order valence-electron chi connectivity index (χ0n) is 8.72. The molecule has 0 aromatic carbocycles. The molecule has 1 fully saturated rings. The highest BCUT2D eigenvalue weighted by Crippen LogP contribution is 2.31. The Kier molecular flexibility index (Phi) is 3.14. The number of alkyl halides is 3. The van der Waals surface area contributed by atoms with Gasteiger partial charge in [-0.1, -0.05) is 6.07 Å². The Balaban J connectivity index is 2.19. The van der Waals surface area contributed by atoms with Gasteiger partial charge in [-0.15, -0.1) is 0 Å². The van der Waals surface area contributed by atoms with Crippen LogP contribution in [0.25, 0.3) is 0 Å². The molecule has 1 atom stereocenters. The minimum atomic E-state index is -4.34. The normalized spacial score (nSPS) is 21.3. The van der Waals surface area contributed by atoms with Gasteiger partial charge in [-0.3, -0.25) is 4.98 Å². The number of rotatable bonds is 2. The van der Waals surface area contributed by atoms with Crippen molar-refractivity contribution in [2.24, 2.45) is 5.92 Å². The molecule has 1 N–H and O–H groups in total. The van der Waals surface area contributed by atoms with Crippen molar-refractivity contribution in [3.63, 3.8) is 0 Å². The lowest BCUT2D eigenvalue weighted by Crippen LogP contribution is -2.16. The summed E-state index contributed by atoms with van der Waals surface area (Å²) >= 11 is 0. The third-order valence-electron chi connectivity index (χ3n) is 2.83. The molecular weight excluding hydrogens is 217 g/mol. The van der Waals surface area contributed by atoms with E-state index in [1.807, 2.05) is 0 Å². The number of hydrogen-bond acceptors (Lipinski definition) is 2. The average Bonchev–Trinajstić information content (AvgIpc) is 2.70. The summed E-state index contributed by atoms with van der Waals surface area (Å²) < 4.78 is 37.9. The molecule has 1 aromatic rings. The van der Waals surface area contributed by atoms with Crippen LogP contribution < -0.4 is 5.32 Å². The van der Waals surface area contributed by atoms with E-state index in [-0.39, 0.29) is 0 Å². The predicted octanol–water partition coefficient (Wildman–Crippen LogP) is 2.25. The molecule has 1 aromatic heterocycles. The Labute approximate surface area is 91.9 Å². The van der Waals surface area contributed by atoms with Crippen molar-refractivity contribution in [1.82, 2.24) is 10.3 Å². The minimum absolute atomic E-state index is 0.297. The molecule has 1 unspecified atom stereocenters. The second kappa shape index (κ2) is 4.41. The largest absolute Gasteiger partial charge is 0.433 e. The van der Waals surface area contributed by atoms with E-state index in [4.69, 9.17) is 0 Å². The summed E-state index contributed by atoms with van der Waals surface area (Å²) in [5, 5.41) is 3.15. The number of nitrogens with zero attached hydrogens (tertiary/aromatic N) is 1. The summed E-state index contributed by atoms with van der Waals surface area (Å²) in [7, 11) is 0. The molecule has 88 valence electrons. The van der Waals surface area contributed by atoms with Crippen LogP contribution in [0.15, 0.2) is 18.3 Å². The van der Waals surface area contributed by atoms with Crippen molar-refractivity contribution in [1.29, 1.82) is 0 Å². The third kappa shape index (κ3) is 2.52. The highest BCUT2D eigenvalue weighted by molar-refractivity contribution is 5.23. The van der Waals surface area contributed by atoms with Crippen LogP contribution in [0, 0.1) is 5.92 Å². The summed E-state index contributed by atoms with van der Waals surface area (Å²) in [6.45, 7) is 1.69. The molecule has 2 heterocycles. The van der Waals surface area contributed by atoms with Gasteiger partial charge in [0.2, 0.25) is 0 Å². The van der Waals surface area contributed by atoms with Gasteiger partial charge >= 0.3 is 6.18 Å². The summed E-state index contributed by atoms with van der Waals surface area (Å²) in [5.41, 5.74) is -0.425. The zero-order chi connectivity index (χ0) is 11.6. The monoisotopic (exact) mass is 230 g/mol. The van der Waals surface area contributed by atoms with Crippen molar-refractivity contribution in [2.75, 3.05) is 13.1 Å². The molecule has 2 nitrogen and oxygen atoms in total. The summed E-state index contributed by atoms with van der Waals surface area (Å²) in [4.78, 5) is 3.45. The molecule has 1 aliphatic rings. The maximum absolute atomic E-state index is 12.6. The van der Waals surface area contributed by atoms with Crippen LogP contribution in [-0.2, 0) is 12.6 Å². The lowest BCUT2D eigenvalue weighted by Gasteiger charge is -2.13. The first-order valence-corrected chi connectivity index (χ1v) is 5.29.